The SMILES string of the molecule is COCCC(C)(O)CNCc1c(C)nc2scc(C)n12. The molecule has 20 heavy (non-hydrogen) atoms. The van der Waals surface area contributed by atoms with E-state index < -0.39 is 5.60 Å². The van der Waals surface area contributed by atoms with Gasteiger partial charge in [-0.2, -0.15) is 0 Å². The molecule has 0 aliphatic rings. The van der Waals surface area contributed by atoms with Gasteiger partial charge in [-0.25, -0.2) is 4.98 Å². The van der Waals surface area contributed by atoms with Crippen LogP contribution in [0.15, 0.2) is 5.38 Å². The summed E-state index contributed by atoms with van der Waals surface area (Å²) in [6.45, 7) is 7.74. The minimum absolute atomic E-state index is 0.534. The Balaban J connectivity index is 1.99. The van der Waals surface area contributed by atoms with Crippen molar-refractivity contribution in [3.8, 4) is 0 Å². The molecule has 0 radical (unpaired) electrons. The highest BCUT2D eigenvalue weighted by molar-refractivity contribution is 7.15. The minimum atomic E-state index is -0.753. The van der Waals surface area contributed by atoms with Crippen LogP contribution in [0.3, 0.4) is 0 Å². The summed E-state index contributed by atoms with van der Waals surface area (Å²) in [5, 5.41) is 15.6. The van der Waals surface area contributed by atoms with E-state index in [9.17, 15) is 5.11 Å². The average molecular weight is 297 g/mol. The van der Waals surface area contributed by atoms with E-state index in [0.29, 0.717) is 26.1 Å². The zero-order valence-corrected chi connectivity index (χ0v) is 13.4. The van der Waals surface area contributed by atoms with E-state index >= 15 is 0 Å². The number of aliphatic hydroxyl groups is 1. The monoisotopic (exact) mass is 297 g/mol. The van der Waals surface area contributed by atoms with Crippen molar-refractivity contribution in [3.05, 3.63) is 22.5 Å². The summed E-state index contributed by atoms with van der Waals surface area (Å²) < 4.78 is 7.19. The zero-order chi connectivity index (χ0) is 14.8. The summed E-state index contributed by atoms with van der Waals surface area (Å²) in [6.07, 6.45) is 0.620. The summed E-state index contributed by atoms with van der Waals surface area (Å²) in [6, 6.07) is 0. The van der Waals surface area contributed by atoms with Crippen molar-refractivity contribution in [2.75, 3.05) is 20.3 Å². The Morgan fingerprint density at radius 2 is 2.25 bits per heavy atom. The fraction of sp³-hybridized carbons (Fsp3) is 0.643. The van der Waals surface area contributed by atoms with E-state index in [4.69, 9.17) is 4.74 Å². The van der Waals surface area contributed by atoms with Crippen LogP contribution in [0.4, 0.5) is 0 Å². The lowest BCUT2D eigenvalue weighted by Gasteiger charge is -2.23. The third kappa shape index (κ3) is 3.38. The molecule has 2 aromatic heterocycles. The van der Waals surface area contributed by atoms with Crippen LogP contribution >= 0.6 is 11.3 Å². The molecule has 0 aliphatic carbocycles. The Labute approximate surface area is 123 Å². The molecular formula is C14H23N3O2S. The Morgan fingerprint density at radius 3 is 2.95 bits per heavy atom. The van der Waals surface area contributed by atoms with Gasteiger partial charge in [0.1, 0.15) is 0 Å². The topological polar surface area (TPSA) is 58.8 Å². The van der Waals surface area contributed by atoms with Gasteiger partial charge in [-0.1, -0.05) is 0 Å². The van der Waals surface area contributed by atoms with Crippen molar-refractivity contribution in [2.45, 2.75) is 39.3 Å². The van der Waals surface area contributed by atoms with Crippen LogP contribution in [0.1, 0.15) is 30.4 Å². The van der Waals surface area contributed by atoms with E-state index in [2.05, 4.69) is 27.0 Å². The summed E-state index contributed by atoms with van der Waals surface area (Å²) in [5.74, 6) is 0. The van der Waals surface area contributed by atoms with Crippen molar-refractivity contribution in [2.24, 2.45) is 0 Å². The highest BCUT2D eigenvalue weighted by atomic mass is 32.1. The number of hydrogen-bond acceptors (Lipinski definition) is 5. The highest BCUT2D eigenvalue weighted by Gasteiger charge is 2.20. The van der Waals surface area contributed by atoms with E-state index in [-0.39, 0.29) is 0 Å². The molecule has 5 nitrogen and oxygen atoms in total. The first kappa shape index (κ1) is 15.4. The van der Waals surface area contributed by atoms with Gasteiger partial charge in [0.15, 0.2) is 4.96 Å². The molecule has 1 unspecified atom stereocenters. The summed E-state index contributed by atoms with van der Waals surface area (Å²) in [7, 11) is 1.65. The Hall–Kier alpha value is -0.950. The molecular weight excluding hydrogens is 274 g/mol. The van der Waals surface area contributed by atoms with Crippen molar-refractivity contribution in [1.29, 1.82) is 0 Å². The van der Waals surface area contributed by atoms with E-state index in [1.165, 1.54) is 11.4 Å². The summed E-state index contributed by atoms with van der Waals surface area (Å²) in [4.78, 5) is 5.59. The number of thiazole rings is 1. The zero-order valence-electron chi connectivity index (χ0n) is 12.6. The van der Waals surface area contributed by atoms with E-state index in [1.807, 2.05) is 13.8 Å². The van der Waals surface area contributed by atoms with Crippen molar-refractivity contribution < 1.29 is 9.84 Å². The Kier molecular flexibility index (Phi) is 4.80. The third-order valence-electron chi connectivity index (χ3n) is 3.47. The number of fused-ring (bicyclic) bond motifs is 1. The first-order valence-corrected chi connectivity index (χ1v) is 7.66. The predicted octanol–water partition coefficient (Wildman–Crippen LogP) is 1.89. The van der Waals surface area contributed by atoms with Gasteiger partial charge < -0.3 is 15.2 Å². The van der Waals surface area contributed by atoms with Crippen molar-refractivity contribution >= 4 is 16.3 Å². The molecule has 0 aliphatic heterocycles. The van der Waals surface area contributed by atoms with Crippen LogP contribution in [-0.2, 0) is 11.3 Å². The van der Waals surface area contributed by atoms with Crippen LogP contribution in [-0.4, -0.2) is 40.4 Å². The van der Waals surface area contributed by atoms with Crippen LogP contribution in [0.2, 0.25) is 0 Å². The lowest BCUT2D eigenvalue weighted by Crippen LogP contribution is -2.38. The molecule has 0 saturated carbocycles. The molecule has 0 bridgehead atoms. The highest BCUT2D eigenvalue weighted by Crippen LogP contribution is 2.20. The lowest BCUT2D eigenvalue weighted by atomic mass is 10.0. The maximum absolute atomic E-state index is 10.2. The maximum atomic E-state index is 10.2. The lowest BCUT2D eigenvalue weighted by molar-refractivity contribution is 0.0247. The van der Waals surface area contributed by atoms with Crippen LogP contribution < -0.4 is 5.32 Å². The second-order valence-electron chi connectivity index (χ2n) is 5.48. The number of imidazole rings is 1. The first-order valence-electron chi connectivity index (χ1n) is 6.78. The number of nitrogens with one attached hydrogen (secondary N) is 1. The number of rotatable bonds is 7. The van der Waals surface area contributed by atoms with Crippen LogP contribution in [0, 0.1) is 13.8 Å². The van der Waals surface area contributed by atoms with Gasteiger partial charge in [0.25, 0.3) is 0 Å². The number of aryl methyl sites for hydroxylation is 2. The van der Waals surface area contributed by atoms with Crippen molar-refractivity contribution in [1.82, 2.24) is 14.7 Å². The molecule has 112 valence electrons. The van der Waals surface area contributed by atoms with Gasteiger partial charge in [-0.05, 0) is 20.8 Å². The number of methoxy groups -OCH3 is 1. The molecule has 0 fully saturated rings. The number of nitrogens with zero attached hydrogens (tertiary/aromatic N) is 2. The Morgan fingerprint density at radius 1 is 1.50 bits per heavy atom. The molecule has 2 aromatic rings. The van der Waals surface area contributed by atoms with E-state index in [1.54, 1.807) is 18.4 Å². The van der Waals surface area contributed by atoms with Gasteiger partial charge in [0.2, 0.25) is 0 Å². The van der Waals surface area contributed by atoms with Crippen LogP contribution in [0.5, 0.6) is 0 Å². The third-order valence-corrected chi connectivity index (χ3v) is 4.42. The van der Waals surface area contributed by atoms with Crippen LogP contribution in [0.25, 0.3) is 4.96 Å². The van der Waals surface area contributed by atoms with Gasteiger partial charge >= 0.3 is 0 Å². The molecule has 2 N–H and O–H groups in total. The second kappa shape index (κ2) is 6.22. The largest absolute Gasteiger partial charge is 0.389 e. The molecule has 2 rings (SSSR count). The van der Waals surface area contributed by atoms with Gasteiger partial charge in [-0.15, -0.1) is 11.3 Å². The smallest absolute Gasteiger partial charge is 0.194 e. The first-order chi connectivity index (χ1) is 9.44. The number of ether oxygens (including phenoxy) is 1. The fourth-order valence-corrected chi connectivity index (χ4v) is 3.17. The normalized spacial score (nSPS) is 14.8. The molecule has 0 aromatic carbocycles. The maximum Gasteiger partial charge on any atom is 0.194 e. The fourth-order valence-electron chi connectivity index (χ4n) is 2.24. The van der Waals surface area contributed by atoms with Gasteiger partial charge in [0, 0.05) is 44.3 Å². The molecule has 1 atom stereocenters. The van der Waals surface area contributed by atoms with Gasteiger partial charge in [-0.3, -0.25) is 4.40 Å². The molecule has 0 spiro atoms. The molecule has 0 saturated heterocycles. The Bertz CT molecular complexity index is 574. The number of aromatic nitrogens is 2. The quantitative estimate of drug-likeness (QED) is 0.819. The van der Waals surface area contributed by atoms with Crippen molar-refractivity contribution in [3.63, 3.8) is 0 Å². The summed E-state index contributed by atoms with van der Waals surface area (Å²) in [5.41, 5.74) is 2.66. The second-order valence-corrected chi connectivity index (χ2v) is 6.32. The standard InChI is InChI=1S/C14H23N3O2S/c1-10-8-20-13-16-11(2)12(17(10)13)7-15-9-14(3,18)5-6-19-4/h8,15,18H,5-7,9H2,1-4H3. The minimum Gasteiger partial charge on any atom is -0.389 e. The molecule has 2 heterocycles. The molecule has 0 amide bonds. The predicted molar refractivity (Wildman–Crippen MR) is 81.4 cm³/mol. The average Bonchev–Trinajstić information content (AvgIpc) is 2.88. The van der Waals surface area contributed by atoms with Gasteiger partial charge in [0.05, 0.1) is 17.0 Å². The van der Waals surface area contributed by atoms with E-state index in [0.717, 1.165) is 10.7 Å². The molecule has 6 heteroatoms. The number of hydrogen-bond donors (Lipinski definition) is 2. The summed E-state index contributed by atoms with van der Waals surface area (Å²) >= 11 is 1.66.